The summed E-state index contributed by atoms with van der Waals surface area (Å²) in [5.41, 5.74) is 1.12. The van der Waals surface area contributed by atoms with E-state index < -0.39 is 8.56 Å². The summed E-state index contributed by atoms with van der Waals surface area (Å²) in [6, 6.07) is 11.2. The molecule has 0 aliphatic heterocycles. The smallest absolute Gasteiger partial charge is 0.357 e. The summed E-state index contributed by atoms with van der Waals surface area (Å²) in [4.78, 5) is 0. The molecule has 0 amide bonds. The van der Waals surface area contributed by atoms with Crippen LogP contribution < -0.4 is 5.32 Å². The van der Waals surface area contributed by atoms with Crippen molar-refractivity contribution in [3.8, 4) is 0 Å². The van der Waals surface area contributed by atoms with Crippen molar-refractivity contribution < 1.29 is 8.85 Å². The minimum atomic E-state index is -2.06. The van der Waals surface area contributed by atoms with Gasteiger partial charge in [-0.15, -0.1) is 0 Å². The van der Waals surface area contributed by atoms with E-state index in [9.17, 15) is 0 Å². The Bertz CT molecular complexity index is 300. The maximum absolute atomic E-state index is 5.90. The fourth-order valence-corrected chi connectivity index (χ4v) is 4.26. The van der Waals surface area contributed by atoms with Gasteiger partial charge in [0.2, 0.25) is 0 Å². The molecule has 0 saturated carbocycles. The normalized spacial score (nSPS) is 11.5. The van der Waals surface area contributed by atoms with Crippen molar-refractivity contribution in [2.75, 3.05) is 24.7 Å². The fourth-order valence-electron chi connectivity index (χ4n) is 1.79. The van der Waals surface area contributed by atoms with Gasteiger partial charge in [-0.3, -0.25) is 0 Å². The van der Waals surface area contributed by atoms with E-state index in [1.54, 1.807) is 0 Å². The first-order valence-electron chi connectivity index (χ1n) is 6.33. The molecular weight excluding hydrogens is 230 g/mol. The predicted molar refractivity (Wildman–Crippen MR) is 74.4 cm³/mol. The van der Waals surface area contributed by atoms with Gasteiger partial charge in [-0.2, -0.15) is 0 Å². The number of nitrogens with one attached hydrogen (secondary N) is 1. The summed E-state index contributed by atoms with van der Waals surface area (Å²) in [5, 5.41) is 3.42. The van der Waals surface area contributed by atoms with Crippen molar-refractivity contribution in [2.45, 2.75) is 26.8 Å². The van der Waals surface area contributed by atoms with Crippen molar-refractivity contribution >= 4 is 14.2 Å². The van der Waals surface area contributed by atoms with Crippen molar-refractivity contribution in [1.82, 2.24) is 0 Å². The summed E-state index contributed by atoms with van der Waals surface area (Å²) in [6.45, 7) is 7.63. The van der Waals surface area contributed by atoms with Gasteiger partial charge in [-0.25, -0.2) is 0 Å². The second-order valence-electron chi connectivity index (χ2n) is 3.85. The number of rotatable bonds is 8. The molecule has 0 saturated heterocycles. The molecule has 1 aromatic carbocycles. The minimum Gasteiger partial charge on any atom is -0.394 e. The maximum Gasteiger partial charge on any atom is 0.357 e. The molecule has 0 fully saturated rings. The topological polar surface area (TPSA) is 30.5 Å². The van der Waals surface area contributed by atoms with Crippen LogP contribution in [0.2, 0.25) is 6.04 Å². The zero-order valence-electron chi connectivity index (χ0n) is 11.0. The monoisotopic (exact) mass is 253 g/mol. The third kappa shape index (κ3) is 4.50. The van der Waals surface area contributed by atoms with E-state index in [1.807, 2.05) is 32.0 Å². The van der Waals surface area contributed by atoms with E-state index in [2.05, 4.69) is 24.4 Å². The van der Waals surface area contributed by atoms with Gasteiger partial charge in [0.05, 0.1) is 6.17 Å². The molecular formula is C13H23NO2Si. The standard InChI is InChI=1S/C13H23NO2Si/c1-4-15-17(6-3,16-5-2)12-14-13-10-8-7-9-11-13/h7-11,14H,4-6,12H2,1-3H3. The third-order valence-corrected chi connectivity index (χ3v) is 6.11. The highest BCUT2D eigenvalue weighted by Gasteiger charge is 2.34. The Morgan fingerprint density at radius 1 is 1.00 bits per heavy atom. The number of hydrogen-bond acceptors (Lipinski definition) is 3. The molecule has 0 spiro atoms. The summed E-state index contributed by atoms with van der Waals surface area (Å²) in [6.07, 6.45) is 0.801. The Hall–Kier alpha value is -0.843. The lowest BCUT2D eigenvalue weighted by molar-refractivity contribution is 0.186. The largest absolute Gasteiger partial charge is 0.394 e. The first kappa shape index (κ1) is 14.2. The van der Waals surface area contributed by atoms with Crippen molar-refractivity contribution in [1.29, 1.82) is 0 Å². The highest BCUT2D eigenvalue weighted by Crippen LogP contribution is 2.15. The van der Waals surface area contributed by atoms with Gasteiger partial charge >= 0.3 is 8.56 Å². The fraction of sp³-hybridized carbons (Fsp3) is 0.538. The molecule has 0 aromatic heterocycles. The van der Waals surface area contributed by atoms with Crippen molar-refractivity contribution in [2.24, 2.45) is 0 Å². The van der Waals surface area contributed by atoms with E-state index in [0.29, 0.717) is 0 Å². The van der Waals surface area contributed by atoms with Crippen LogP contribution in [0.15, 0.2) is 30.3 Å². The van der Waals surface area contributed by atoms with Crippen LogP contribution in [0.25, 0.3) is 0 Å². The molecule has 1 N–H and O–H groups in total. The van der Waals surface area contributed by atoms with Crippen LogP contribution in [-0.4, -0.2) is 27.9 Å². The lowest BCUT2D eigenvalue weighted by Crippen LogP contribution is -2.48. The molecule has 0 unspecified atom stereocenters. The second kappa shape index (κ2) is 7.48. The van der Waals surface area contributed by atoms with Gasteiger partial charge in [0.1, 0.15) is 0 Å². The molecule has 0 atom stereocenters. The average molecular weight is 253 g/mol. The second-order valence-corrected chi connectivity index (χ2v) is 7.31. The molecule has 17 heavy (non-hydrogen) atoms. The van der Waals surface area contributed by atoms with E-state index in [0.717, 1.165) is 31.1 Å². The average Bonchev–Trinajstić information content (AvgIpc) is 2.38. The van der Waals surface area contributed by atoms with Gasteiger partial charge in [0.25, 0.3) is 0 Å². The Balaban J connectivity index is 2.59. The predicted octanol–water partition coefficient (Wildman–Crippen LogP) is 3.17. The first-order valence-corrected chi connectivity index (χ1v) is 8.56. The Labute approximate surface area is 105 Å². The summed E-state index contributed by atoms with van der Waals surface area (Å²) in [7, 11) is -2.06. The van der Waals surface area contributed by atoms with Crippen LogP contribution in [0, 0.1) is 0 Å². The Morgan fingerprint density at radius 2 is 1.59 bits per heavy atom. The Morgan fingerprint density at radius 3 is 2.06 bits per heavy atom. The van der Waals surface area contributed by atoms with Gasteiger partial charge < -0.3 is 14.2 Å². The quantitative estimate of drug-likeness (QED) is 0.722. The molecule has 3 nitrogen and oxygen atoms in total. The van der Waals surface area contributed by atoms with E-state index in [-0.39, 0.29) is 0 Å². The number of para-hydroxylation sites is 1. The molecule has 1 aromatic rings. The Kier molecular flexibility index (Phi) is 6.25. The molecule has 0 heterocycles. The van der Waals surface area contributed by atoms with Crippen LogP contribution in [0.1, 0.15) is 20.8 Å². The summed E-state index contributed by atoms with van der Waals surface area (Å²) in [5.74, 6) is 0. The lowest BCUT2D eigenvalue weighted by Gasteiger charge is -2.29. The van der Waals surface area contributed by atoms with Crippen molar-refractivity contribution in [3.63, 3.8) is 0 Å². The molecule has 0 aliphatic carbocycles. The van der Waals surface area contributed by atoms with Crippen LogP contribution in [0.5, 0.6) is 0 Å². The molecule has 0 radical (unpaired) electrons. The summed E-state index contributed by atoms with van der Waals surface area (Å²) < 4.78 is 11.8. The SMILES string of the molecule is CCO[Si](CC)(CNc1ccccc1)OCC. The highest BCUT2D eigenvalue weighted by atomic mass is 28.4. The van der Waals surface area contributed by atoms with Crippen LogP contribution in [0.3, 0.4) is 0 Å². The number of anilines is 1. The van der Waals surface area contributed by atoms with Gasteiger partial charge in [0.15, 0.2) is 0 Å². The molecule has 96 valence electrons. The lowest BCUT2D eigenvalue weighted by atomic mass is 10.3. The molecule has 1 rings (SSSR count). The third-order valence-electron chi connectivity index (χ3n) is 2.69. The molecule has 0 bridgehead atoms. The zero-order valence-corrected chi connectivity index (χ0v) is 12.0. The van der Waals surface area contributed by atoms with Crippen LogP contribution in [0.4, 0.5) is 5.69 Å². The highest BCUT2D eigenvalue weighted by molar-refractivity contribution is 6.68. The van der Waals surface area contributed by atoms with Gasteiger partial charge in [0, 0.05) is 18.9 Å². The molecule has 4 heteroatoms. The first-order chi connectivity index (χ1) is 8.26. The zero-order chi connectivity index (χ0) is 12.6. The van der Waals surface area contributed by atoms with E-state index >= 15 is 0 Å². The van der Waals surface area contributed by atoms with E-state index in [4.69, 9.17) is 8.85 Å². The number of benzene rings is 1. The van der Waals surface area contributed by atoms with Crippen molar-refractivity contribution in [3.05, 3.63) is 30.3 Å². The molecule has 0 aliphatic rings. The minimum absolute atomic E-state index is 0.719. The van der Waals surface area contributed by atoms with Gasteiger partial charge in [-0.05, 0) is 32.0 Å². The summed E-state index contributed by atoms with van der Waals surface area (Å²) >= 11 is 0. The van der Waals surface area contributed by atoms with Crippen LogP contribution in [-0.2, 0) is 8.85 Å². The maximum atomic E-state index is 5.90. The van der Waals surface area contributed by atoms with Crippen LogP contribution >= 0.6 is 0 Å². The van der Waals surface area contributed by atoms with Gasteiger partial charge in [-0.1, -0.05) is 25.1 Å². The number of hydrogen-bond donors (Lipinski definition) is 1. The van der Waals surface area contributed by atoms with E-state index in [1.165, 1.54) is 0 Å².